The molecule has 204 valence electrons. The van der Waals surface area contributed by atoms with Crippen molar-refractivity contribution in [2.45, 2.75) is 46.6 Å². The maximum Gasteiger partial charge on any atom is 0.307 e. The molecule has 9 heteroatoms. The van der Waals surface area contributed by atoms with Gasteiger partial charge in [-0.15, -0.1) is 11.3 Å². The van der Waals surface area contributed by atoms with E-state index in [9.17, 15) is 9.90 Å². The van der Waals surface area contributed by atoms with Gasteiger partial charge in [-0.05, 0) is 81.6 Å². The number of carboxylic acids is 1. The summed E-state index contributed by atoms with van der Waals surface area (Å²) in [7, 11) is 1.71. The predicted octanol–water partition coefficient (Wildman–Crippen LogP) is 6.78. The first-order valence-corrected chi connectivity index (χ1v) is 13.5. The average Bonchev–Trinajstić information content (AvgIpc) is 3.28. The highest BCUT2D eigenvalue weighted by atomic mass is 35.5. The molecule has 0 aliphatic heterocycles. The number of aliphatic hydroxyl groups is 1. The molecule has 0 radical (unpaired) electrons. The monoisotopic (exact) mass is 564 g/mol. The first-order chi connectivity index (χ1) is 18.3. The van der Waals surface area contributed by atoms with E-state index < -0.39 is 11.6 Å². The van der Waals surface area contributed by atoms with Crippen molar-refractivity contribution in [1.29, 1.82) is 0 Å². The Morgan fingerprint density at radius 2 is 1.79 bits per heavy atom. The van der Waals surface area contributed by atoms with Crippen LogP contribution in [0, 0.1) is 6.92 Å². The summed E-state index contributed by atoms with van der Waals surface area (Å²) >= 11 is 7.63. The Bertz CT molecular complexity index is 1550. The van der Waals surface area contributed by atoms with Gasteiger partial charge in [0.2, 0.25) is 0 Å². The van der Waals surface area contributed by atoms with Crippen LogP contribution in [-0.2, 0) is 11.2 Å². The van der Waals surface area contributed by atoms with Crippen molar-refractivity contribution >= 4 is 50.4 Å². The number of carboxylic acid groups (broad SMARTS) is 1. The number of carbonyl (C=O) groups is 1. The van der Waals surface area contributed by atoms with Gasteiger partial charge in [-0.1, -0.05) is 23.7 Å². The van der Waals surface area contributed by atoms with E-state index >= 15 is 0 Å². The molecule has 39 heavy (non-hydrogen) atoms. The second-order valence-corrected chi connectivity index (χ2v) is 11.4. The second-order valence-electron chi connectivity index (χ2n) is 9.98. The van der Waals surface area contributed by atoms with E-state index in [2.05, 4.69) is 9.98 Å². The van der Waals surface area contributed by atoms with Gasteiger partial charge in [0.15, 0.2) is 0 Å². The lowest BCUT2D eigenvalue weighted by Gasteiger charge is -2.13. The maximum absolute atomic E-state index is 11.7. The number of allylic oxidation sites excluding steroid dienone is 1. The SMILES string of the molecule is CC(C)(C)O.CN=C(C)/C(=C\N)c1cc(-c2nc3cc(C)c(CC(=O)O)c(-c4ccc(Cl)cc4)c3s2)ccn1. The van der Waals surface area contributed by atoms with Crippen LogP contribution < -0.4 is 5.73 Å². The molecule has 4 aromatic rings. The molecule has 0 saturated heterocycles. The Kier molecular flexibility index (Phi) is 9.61. The first-order valence-electron chi connectivity index (χ1n) is 12.3. The molecule has 0 atom stereocenters. The molecule has 0 amide bonds. The molecule has 4 rings (SSSR count). The van der Waals surface area contributed by atoms with E-state index in [0.717, 1.165) is 54.3 Å². The largest absolute Gasteiger partial charge is 0.481 e. The predicted molar refractivity (Wildman–Crippen MR) is 163 cm³/mol. The minimum Gasteiger partial charge on any atom is -0.481 e. The summed E-state index contributed by atoms with van der Waals surface area (Å²) in [5.74, 6) is -0.879. The van der Waals surface area contributed by atoms with Crippen molar-refractivity contribution in [3.63, 3.8) is 0 Å². The molecule has 0 bridgehead atoms. The number of aryl methyl sites for hydroxylation is 1. The molecular weight excluding hydrogens is 532 g/mol. The zero-order valence-electron chi connectivity index (χ0n) is 22.9. The van der Waals surface area contributed by atoms with Crippen LogP contribution in [-0.4, -0.2) is 44.5 Å². The summed E-state index contributed by atoms with van der Waals surface area (Å²) in [5, 5.41) is 19.5. The van der Waals surface area contributed by atoms with Gasteiger partial charge in [-0.3, -0.25) is 14.8 Å². The summed E-state index contributed by atoms with van der Waals surface area (Å²) in [6, 6.07) is 13.2. The standard InChI is InChI=1S/C26H23ClN4O2S.C4H10O/c1-14-10-22-25(24(19(14)12-23(32)33)16-4-6-18(27)7-5-16)34-26(31-22)17-8-9-30-21(11-17)20(13-28)15(2)29-3;1-4(2,3)5/h4-11,13H,12,28H2,1-3H3,(H,32,33);5H,1-3H3/b20-13+,29-15?;. The van der Waals surface area contributed by atoms with Crippen LogP contribution in [0.4, 0.5) is 0 Å². The number of rotatable bonds is 6. The average molecular weight is 565 g/mol. The summed E-state index contributed by atoms with van der Waals surface area (Å²) in [6.07, 6.45) is 3.16. The Balaban J connectivity index is 0.000000771. The number of nitrogens with zero attached hydrogens (tertiary/aromatic N) is 3. The molecule has 2 aromatic carbocycles. The fraction of sp³-hybridized carbons (Fsp3) is 0.267. The van der Waals surface area contributed by atoms with E-state index in [1.807, 2.05) is 56.3 Å². The fourth-order valence-corrected chi connectivity index (χ4v) is 5.14. The highest BCUT2D eigenvalue weighted by molar-refractivity contribution is 7.22. The van der Waals surface area contributed by atoms with Gasteiger partial charge in [0.1, 0.15) is 5.01 Å². The number of nitrogens with two attached hydrogens (primary N) is 1. The van der Waals surface area contributed by atoms with Crippen LogP contribution in [0.25, 0.3) is 37.5 Å². The summed E-state index contributed by atoms with van der Waals surface area (Å²) in [6.45, 7) is 9.04. The number of halogens is 1. The third-order valence-electron chi connectivity index (χ3n) is 5.65. The number of pyridine rings is 1. The number of thiazole rings is 1. The first kappa shape index (κ1) is 30.0. The van der Waals surface area contributed by atoms with Crippen molar-refractivity contribution in [1.82, 2.24) is 9.97 Å². The molecule has 2 aromatic heterocycles. The van der Waals surface area contributed by atoms with E-state index in [0.29, 0.717) is 10.7 Å². The lowest BCUT2D eigenvalue weighted by Crippen LogP contribution is -2.10. The minimum atomic E-state index is -0.879. The van der Waals surface area contributed by atoms with Gasteiger partial charge < -0.3 is 15.9 Å². The van der Waals surface area contributed by atoms with Crippen LogP contribution >= 0.6 is 22.9 Å². The number of hydrogen-bond donors (Lipinski definition) is 3. The Hall–Kier alpha value is -3.59. The zero-order valence-corrected chi connectivity index (χ0v) is 24.5. The topological polar surface area (TPSA) is 122 Å². The number of benzene rings is 2. The maximum atomic E-state index is 11.7. The molecule has 0 unspecified atom stereocenters. The third kappa shape index (κ3) is 7.72. The van der Waals surface area contributed by atoms with Crippen molar-refractivity contribution in [3.05, 3.63) is 76.7 Å². The summed E-state index contributed by atoms with van der Waals surface area (Å²) in [4.78, 5) is 25.2. The lowest BCUT2D eigenvalue weighted by atomic mass is 9.93. The van der Waals surface area contributed by atoms with Gasteiger partial charge >= 0.3 is 5.97 Å². The van der Waals surface area contributed by atoms with E-state index in [-0.39, 0.29) is 6.42 Å². The van der Waals surface area contributed by atoms with Gasteiger partial charge in [0, 0.05) is 46.9 Å². The molecule has 0 aliphatic carbocycles. The molecule has 0 saturated carbocycles. The van der Waals surface area contributed by atoms with Crippen molar-refractivity contribution < 1.29 is 15.0 Å². The van der Waals surface area contributed by atoms with Crippen molar-refractivity contribution in [3.8, 4) is 21.7 Å². The van der Waals surface area contributed by atoms with Crippen LogP contribution in [0.3, 0.4) is 0 Å². The zero-order chi connectivity index (χ0) is 28.9. The van der Waals surface area contributed by atoms with E-state index in [1.54, 1.807) is 34.0 Å². The quantitative estimate of drug-likeness (QED) is 0.222. The third-order valence-corrected chi connectivity index (χ3v) is 7.04. The van der Waals surface area contributed by atoms with Gasteiger partial charge in [0.25, 0.3) is 0 Å². The Morgan fingerprint density at radius 1 is 1.15 bits per heavy atom. The minimum absolute atomic E-state index is 0.0767. The van der Waals surface area contributed by atoms with Gasteiger partial charge in [-0.2, -0.15) is 0 Å². The number of aromatic nitrogens is 2. The fourth-order valence-electron chi connectivity index (χ4n) is 3.88. The smallest absolute Gasteiger partial charge is 0.307 e. The summed E-state index contributed by atoms with van der Waals surface area (Å²) in [5.41, 5.74) is 12.8. The molecule has 4 N–H and O–H groups in total. The number of hydrogen-bond acceptors (Lipinski definition) is 7. The molecule has 7 nitrogen and oxygen atoms in total. The Labute approximate surface area is 237 Å². The van der Waals surface area contributed by atoms with Crippen LogP contribution in [0.1, 0.15) is 44.5 Å². The number of aliphatic imine (C=N–C) groups is 1. The highest BCUT2D eigenvalue weighted by Crippen LogP contribution is 2.41. The van der Waals surface area contributed by atoms with Crippen LogP contribution in [0.2, 0.25) is 5.02 Å². The molecule has 0 aliphatic rings. The van der Waals surface area contributed by atoms with Gasteiger partial charge in [0.05, 0.1) is 27.9 Å². The lowest BCUT2D eigenvalue weighted by molar-refractivity contribution is -0.136. The van der Waals surface area contributed by atoms with Crippen molar-refractivity contribution in [2.75, 3.05) is 7.05 Å². The van der Waals surface area contributed by atoms with Crippen LogP contribution in [0.15, 0.2) is 59.9 Å². The van der Waals surface area contributed by atoms with Crippen LogP contribution in [0.5, 0.6) is 0 Å². The highest BCUT2D eigenvalue weighted by Gasteiger charge is 2.20. The molecule has 0 spiro atoms. The van der Waals surface area contributed by atoms with Gasteiger partial charge in [-0.25, -0.2) is 4.98 Å². The number of aliphatic carboxylic acids is 1. The summed E-state index contributed by atoms with van der Waals surface area (Å²) < 4.78 is 0.929. The molecule has 0 fully saturated rings. The number of fused-ring (bicyclic) bond motifs is 1. The normalized spacial score (nSPS) is 12.3. The second kappa shape index (κ2) is 12.5. The van der Waals surface area contributed by atoms with E-state index in [1.165, 1.54) is 17.5 Å². The van der Waals surface area contributed by atoms with Crippen molar-refractivity contribution in [2.24, 2.45) is 10.7 Å². The Morgan fingerprint density at radius 3 is 2.36 bits per heavy atom. The molecule has 2 heterocycles. The molecular formula is C30H33ClN4O3S. The van der Waals surface area contributed by atoms with E-state index in [4.69, 9.17) is 27.4 Å².